The SMILES string of the molecule is COc1ccc(C2(C)OCCC2Cl)cc1. The molecule has 82 valence electrons. The van der Waals surface area contributed by atoms with Gasteiger partial charge in [0.1, 0.15) is 11.4 Å². The fraction of sp³-hybridized carbons (Fsp3) is 0.500. The summed E-state index contributed by atoms with van der Waals surface area (Å²) in [6, 6.07) is 7.90. The van der Waals surface area contributed by atoms with Gasteiger partial charge < -0.3 is 9.47 Å². The number of hydrogen-bond acceptors (Lipinski definition) is 2. The molecule has 1 fully saturated rings. The topological polar surface area (TPSA) is 18.5 Å². The van der Waals surface area contributed by atoms with Crippen molar-refractivity contribution in [2.24, 2.45) is 0 Å². The molecule has 0 aromatic heterocycles. The molecule has 2 nitrogen and oxygen atoms in total. The lowest BCUT2D eigenvalue weighted by Gasteiger charge is -2.27. The lowest BCUT2D eigenvalue weighted by molar-refractivity contribution is 0.0187. The third kappa shape index (κ3) is 1.84. The van der Waals surface area contributed by atoms with E-state index in [-0.39, 0.29) is 11.0 Å². The minimum atomic E-state index is -0.353. The van der Waals surface area contributed by atoms with E-state index in [0.29, 0.717) is 0 Å². The highest BCUT2D eigenvalue weighted by atomic mass is 35.5. The molecule has 0 aliphatic carbocycles. The summed E-state index contributed by atoms with van der Waals surface area (Å²) in [5.41, 5.74) is 0.759. The summed E-state index contributed by atoms with van der Waals surface area (Å²) in [5.74, 6) is 0.853. The van der Waals surface area contributed by atoms with Gasteiger partial charge in [0.05, 0.1) is 12.5 Å². The maximum atomic E-state index is 6.27. The van der Waals surface area contributed by atoms with Gasteiger partial charge in [-0.05, 0) is 31.0 Å². The van der Waals surface area contributed by atoms with Gasteiger partial charge >= 0.3 is 0 Å². The van der Waals surface area contributed by atoms with E-state index in [1.807, 2.05) is 31.2 Å². The summed E-state index contributed by atoms with van der Waals surface area (Å²) in [6.07, 6.45) is 0.907. The van der Waals surface area contributed by atoms with Crippen molar-refractivity contribution in [1.82, 2.24) is 0 Å². The fourth-order valence-electron chi connectivity index (χ4n) is 1.93. The average molecular weight is 227 g/mol. The van der Waals surface area contributed by atoms with Crippen LogP contribution in [0.4, 0.5) is 0 Å². The highest BCUT2D eigenvalue weighted by molar-refractivity contribution is 6.21. The third-order valence-corrected chi connectivity index (χ3v) is 3.67. The Morgan fingerprint density at radius 2 is 2.07 bits per heavy atom. The van der Waals surface area contributed by atoms with Gasteiger partial charge in [-0.2, -0.15) is 0 Å². The molecule has 1 saturated heterocycles. The van der Waals surface area contributed by atoms with E-state index in [2.05, 4.69) is 0 Å². The van der Waals surface area contributed by atoms with Crippen LogP contribution in [0.1, 0.15) is 18.9 Å². The zero-order valence-corrected chi connectivity index (χ0v) is 9.75. The minimum absolute atomic E-state index is 0.0471. The van der Waals surface area contributed by atoms with Crippen LogP contribution in [-0.2, 0) is 10.3 Å². The third-order valence-electron chi connectivity index (χ3n) is 3.03. The van der Waals surface area contributed by atoms with Crippen LogP contribution in [0.25, 0.3) is 0 Å². The Bertz CT molecular complexity index is 336. The smallest absolute Gasteiger partial charge is 0.118 e. The monoisotopic (exact) mass is 226 g/mol. The number of methoxy groups -OCH3 is 1. The van der Waals surface area contributed by atoms with Gasteiger partial charge in [-0.1, -0.05) is 12.1 Å². The van der Waals surface area contributed by atoms with Gasteiger partial charge in [0, 0.05) is 6.61 Å². The van der Waals surface area contributed by atoms with Crippen molar-refractivity contribution >= 4 is 11.6 Å². The van der Waals surface area contributed by atoms with Crippen LogP contribution in [-0.4, -0.2) is 19.1 Å². The van der Waals surface area contributed by atoms with Gasteiger partial charge in [0.15, 0.2) is 0 Å². The summed E-state index contributed by atoms with van der Waals surface area (Å²) in [5, 5.41) is 0.0471. The Morgan fingerprint density at radius 3 is 2.53 bits per heavy atom. The first kappa shape index (κ1) is 10.8. The van der Waals surface area contributed by atoms with Crippen LogP contribution in [0.5, 0.6) is 5.75 Å². The zero-order valence-electron chi connectivity index (χ0n) is 9.00. The molecular formula is C12H15ClO2. The molecule has 2 atom stereocenters. The zero-order chi connectivity index (χ0) is 10.9. The predicted molar refractivity (Wildman–Crippen MR) is 60.6 cm³/mol. The summed E-state index contributed by atoms with van der Waals surface area (Å²) in [7, 11) is 1.66. The van der Waals surface area contributed by atoms with Crippen LogP contribution >= 0.6 is 11.6 Å². The number of hydrogen-bond donors (Lipinski definition) is 0. The molecule has 0 radical (unpaired) electrons. The van der Waals surface area contributed by atoms with Gasteiger partial charge in [0.25, 0.3) is 0 Å². The first-order valence-electron chi connectivity index (χ1n) is 5.09. The van der Waals surface area contributed by atoms with Crippen molar-refractivity contribution in [3.05, 3.63) is 29.8 Å². The standard InChI is InChI=1S/C12H15ClO2/c1-12(11(13)7-8-15-12)9-3-5-10(14-2)6-4-9/h3-6,11H,7-8H2,1-2H3. The summed E-state index contributed by atoms with van der Waals surface area (Å²) in [6.45, 7) is 2.77. The Balaban J connectivity index is 2.28. The highest BCUT2D eigenvalue weighted by Gasteiger charge is 2.40. The van der Waals surface area contributed by atoms with E-state index in [4.69, 9.17) is 21.1 Å². The largest absolute Gasteiger partial charge is 0.497 e. The molecule has 2 unspecified atom stereocenters. The number of alkyl halides is 1. The number of ether oxygens (including phenoxy) is 2. The quantitative estimate of drug-likeness (QED) is 0.722. The first-order valence-corrected chi connectivity index (χ1v) is 5.53. The van der Waals surface area contributed by atoms with Gasteiger partial charge in [0.2, 0.25) is 0 Å². The number of halogens is 1. The first-order chi connectivity index (χ1) is 7.16. The number of benzene rings is 1. The van der Waals surface area contributed by atoms with E-state index < -0.39 is 0 Å². The van der Waals surface area contributed by atoms with E-state index in [1.165, 1.54) is 0 Å². The molecule has 0 bridgehead atoms. The van der Waals surface area contributed by atoms with Crippen molar-refractivity contribution in [1.29, 1.82) is 0 Å². The van der Waals surface area contributed by atoms with Crippen molar-refractivity contribution in [2.75, 3.05) is 13.7 Å². The lowest BCUT2D eigenvalue weighted by Crippen LogP contribution is -2.29. The Labute approximate surface area is 95.1 Å². The van der Waals surface area contributed by atoms with Crippen molar-refractivity contribution in [3.8, 4) is 5.75 Å². The Kier molecular flexibility index (Phi) is 2.89. The summed E-state index contributed by atoms with van der Waals surface area (Å²) < 4.78 is 10.9. The molecule has 15 heavy (non-hydrogen) atoms. The van der Waals surface area contributed by atoms with Crippen LogP contribution in [0, 0.1) is 0 Å². The Hall–Kier alpha value is -0.730. The molecule has 1 aromatic rings. The van der Waals surface area contributed by atoms with Gasteiger partial charge in [-0.15, -0.1) is 11.6 Å². The molecule has 1 aliphatic heterocycles. The molecule has 2 rings (SSSR count). The molecule has 0 spiro atoms. The summed E-state index contributed by atoms with van der Waals surface area (Å²) >= 11 is 6.27. The van der Waals surface area contributed by atoms with E-state index in [9.17, 15) is 0 Å². The predicted octanol–water partition coefficient (Wildman–Crippen LogP) is 2.94. The van der Waals surface area contributed by atoms with Crippen molar-refractivity contribution in [3.63, 3.8) is 0 Å². The maximum Gasteiger partial charge on any atom is 0.118 e. The second kappa shape index (κ2) is 4.03. The molecular weight excluding hydrogens is 212 g/mol. The van der Waals surface area contributed by atoms with Crippen LogP contribution in [0.2, 0.25) is 0 Å². The van der Waals surface area contributed by atoms with Gasteiger partial charge in [-0.25, -0.2) is 0 Å². The second-order valence-corrected chi connectivity index (χ2v) is 4.47. The molecule has 1 aliphatic rings. The average Bonchev–Trinajstić information content (AvgIpc) is 2.61. The van der Waals surface area contributed by atoms with E-state index in [0.717, 1.165) is 24.3 Å². The second-order valence-electron chi connectivity index (χ2n) is 3.94. The molecule has 1 aromatic carbocycles. The normalized spacial score (nSPS) is 30.5. The molecule has 3 heteroatoms. The maximum absolute atomic E-state index is 6.27. The summed E-state index contributed by atoms with van der Waals surface area (Å²) in [4.78, 5) is 0. The lowest BCUT2D eigenvalue weighted by atomic mass is 9.92. The van der Waals surface area contributed by atoms with Crippen LogP contribution in [0.15, 0.2) is 24.3 Å². The molecule has 1 heterocycles. The van der Waals surface area contributed by atoms with E-state index >= 15 is 0 Å². The van der Waals surface area contributed by atoms with Crippen LogP contribution in [0.3, 0.4) is 0 Å². The van der Waals surface area contributed by atoms with Crippen molar-refractivity contribution in [2.45, 2.75) is 24.3 Å². The van der Waals surface area contributed by atoms with Crippen molar-refractivity contribution < 1.29 is 9.47 Å². The van der Waals surface area contributed by atoms with Crippen LogP contribution < -0.4 is 4.74 Å². The Morgan fingerprint density at radius 1 is 1.40 bits per heavy atom. The highest BCUT2D eigenvalue weighted by Crippen LogP contribution is 2.39. The van der Waals surface area contributed by atoms with E-state index in [1.54, 1.807) is 7.11 Å². The molecule has 0 amide bonds. The number of rotatable bonds is 2. The molecule has 0 saturated carbocycles. The molecule has 0 N–H and O–H groups in total. The van der Waals surface area contributed by atoms with Gasteiger partial charge in [-0.3, -0.25) is 0 Å². The fourth-order valence-corrected chi connectivity index (χ4v) is 2.20. The minimum Gasteiger partial charge on any atom is -0.497 e.